The lowest BCUT2D eigenvalue weighted by molar-refractivity contribution is 0.378. The molecule has 1 aliphatic heterocycles. The molecule has 1 aromatic heterocycles. The zero-order valence-electron chi connectivity index (χ0n) is 6.10. The van der Waals surface area contributed by atoms with Crippen molar-refractivity contribution >= 4 is 5.82 Å². The molecule has 0 amide bonds. The van der Waals surface area contributed by atoms with Crippen molar-refractivity contribution in [2.45, 2.75) is 19.1 Å². The Morgan fingerprint density at radius 2 is 2.64 bits per heavy atom. The maximum absolute atomic E-state index is 5.37. The fourth-order valence-corrected chi connectivity index (χ4v) is 0.934. The van der Waals surface area contributed by atoms with Gasteiger partial charge in [0.15, 0.2) is 5.82 Å². The predicted molar refractivity (Wildman–Crippen MR) is 38.8 cm³/mol. The monoisotopic (exact) mass is 154 g/mol. The maximum atomic E-state index is 5.37. The fraction of sp³-hybridized carbons (Fsp3) is 0.667. The van der Waals surface area contributed by atoms with E-state index in [1.165, 1.54) is 0 Å². The van der Waals surface area contributed by atoms with Crippen molar-refractivity contribution in [2.24, 2.45) is 0 Å². The van der Waals surface area contributed by atoms with Gasteiger partial charge in [-0.25, -0.2) is 0 Å². The smallest absolute Gasteiger partial charge is 0.165 e. The van der Waals surface area contributed by atoms with Crippen molar-refractivity contribution in [3.05, 3.63) is 6.20 Å². The van der Waals surface area contributed by atoms with Crippen LogP contribution in [0.5, 0.6) is 0 Å². The molecule has 1 fully saturated rings. The number of epoxide rings is 1. The van der Waals surface area contributed by atoms with Crippen LogP contribution in [-0.2, 0) is 11.3 Å². The Morgan fingerprint density at radius 1 is 1.82 bits per heavy atom. The van der Waals surface area contributed by atoms with Crippen molar-refractivity contribution in [3.63, 3.8) is 0 Å². The van der Waals surface area contributed by atoms with Crippen molar-refractivity contribution in [1.29, 1.82) is 0 Å². The molecule has 11 heavy (non-hydrogen) atoms. The number of anilines is 1. The van der Waals surface area contributed by atoms with Crippen LogP contribution in [0.1, 0.15) is 6.42 Å². The molecular formula is C6H10N4O. The number of hydrogen-bond donors (Lipinski definition) is 1. The van der Waals surface area contributed by atoms with Crippen LogP contribution in [0, 0.1) is 0 Å². The van der Waals surface area contributed by atoms with Gasteiger partial charge in [-0.15, -0.1) is 5.10 Å². The molecule has 0 bridgehead atoms. The molecule has 0 aliphatic carbocycles. The van der Waals surface area contributed by atoms with Crippen LogP contribution in [-0.4, -0.2) is 27.7 Å². The molecule has 0 spiro atoms. The highest BCUT2D eigenvalue weighted by Crippen LogP contribution is 2.13. The van der Waals surface area contributed by atoms with E-state index in [1.807, 2.05) is 0 Å². The van der Waals surface area contributed by atoms with Crippen LogP contribution in [0.2, 0.25) is 0 Å². The highest BCUT2D eigenvalue weighted by atomic mass is 16.6. The summed E-state index contributed by atoms with van der Waals surface area (Å²) in [5.41, 5.74) is 5.37. The lowest BCUT2D eigenvalue weighted by Crippen LogP contribution is -2.01. The molecule has 60 valence electrons. The molecule has 1 aliphatic rings. The SMILES string of the molecule is Nc1cn(CCC2CO2)nn1. The Kier molecular flexibility index (Phi) is 1.50. The summed E-state index contributed by atoms with van der Waals surface area (Å²) in [4.78, 5) is 0. The summed E-state index contributed by atoms with van der Waals surface area (Å²) in [6, 6.07) is 0. The third kappa shape index (κ3) is 1.68. The molecule has 5 nitrogen and oxygen atoms in total. The number of hydrogen-bond acceptors (Lipinski definition) is 4. The van der Waals surface area contributed by atoms with Gasteiger partial charge in [-0.05, 0) is 6.42 Å². The van der Waals surface area contributed by atoms with Gasteiger partial charge in [0.25, 0.3) is 0 Å². The van der Waals surface area contributed by atoms with E-state index in [0.717, 1.165) is 19.6 Å². The Labute approximate surface area is 64.1 Å². The van der Waals surface area contributed by atoms with E-state index in [1.54, 1.807) is 10.9 Å². The first-order chi connectivity index (χ1) is 5.34. The zero-order valence-corrected chi connectivity index (χ0v) is 6.10. The van der Waals surface area contributed by atoms with E-state index in [4.69, 9.17) is 10.5 Å². The second-order valence-electron chi connectivity index (χ2n) is 2.65. The van der Waals surface area contributed by atoms with E-state index in [-0.39, 0.29) is 0 Å². The molecule has 1 atom stereocenters. The van der Waals surface area contributed by atoms with Gasteiger partial charge >= 0.3 is 0 Å². The largest absolute Gasteiger partial charge is 0.381 e. The van der Waals surface area contributed by atoms with Gasteiger partial charge in [0.05, 0.1) is 18.9 Å². The maximum Gasteiger partial charge on any atom is 0.165 e. The van der Waals surface area contributed by atoms with Gasteiger partial charge in [-0.2, -0.15) is 0 Å². The Morgan fingerprint density at radius 3 is 3.18 bits per heavy atom. The van der Waals surface area contributed by atoms with E-state index in [0.29, 0.717) is 11.9 Å². The molecule has 0 aromatic carbocycles. The van der Waals surface area contributed by atoms with Crippen molar-refractivity contribution in [3.8, 4) is 0 Å². The minimum Gasteiger partial charge on any atom is -0.381 e. The standard InChI is InChI=1S/C6H10N4O/c7-6-3-10(9-8-6)2-1-5-4-11-5/h3,5H,1-2,4,7H2. The van der Waals surface area contributed by atoms with Crippen LogP contribution in [0.25, 0.3) is 0 Å². The van der Waals surface area contributed by atoms with Gasteiger partial charge in [0, 0.05) is 6.54 Å². The van der Waals surface area contributed by atoms with Gasteiger partial charge in [-0.3, -0.25) is 4.68 Å². The van der Waals surface area contributed by atoms with Crippen LogP contribution < -0.4 is 5.73 Å². The lowest BCUT2D eigenvalue weighted by atomic mass is 10.3. The van der Waals surface area contributed by atoms with Crippen molar-refractivity contribution < 1.29 is 4.74 Å². The third-order valence-corrected chi connectivity index (χ3v) is 1.64. The molecule has 2 rings (SSSR count). The third-order valence-electron chi connectivity index (χ3n) is 1.64. The average molecular weight is 154 g/mol. The number of nitrogens with zero attached hydrogens (tertiary/aromatic N) is 3. The fourth-order valence-electron chi connectivity index (χ4n) is 0.934. The molecule has 1 aromatic rings. The average Bonchev–Trinajstić information content (AvgIpc) is 2.72. The van der Waals surface area contributed by atoms with E-state index in [9.17, 15) is 0 Å². The quantitative estimate of drug-likeness (QED) is 0.604. The number of ether oxygens (including phenoxy) is 1. The summed E-state index contributed by atoms with van der Waals surface area (Å²) in [6.07, 6.45) is 3.17. The first-order valence-corrected chi connectivity index (χ1v) is 3.62. The summed E-state index contributed by atoms with van der Waals surface area (Å²) in [5.74, 6) is 0.474. The van der Waals surface area contributed by atoms with E-state index < -0.39 is 0 Å². The van der Waals surface area contributed by atoms with Crippen LogP contribution >= 0.6 is 0 Å². The molecule has 0 radical (unpaired) electrons. The van der Waals surface area contributed by atoms with Crippen molar-refractivity contribution in [2.75, 3.05) is 12.3 Å². The highest BCUT2D eigenvalue weighted by Gasteiger charge is 2.21. The van der Waals surface area contributed by atoms with Gasteiger partial charge in [0.2, 0.25) is 0 Å². The molecule has 2 N–H and O–H groups in total. The lowest BCUT2D eigenvalue weighted by Gasteiger charge is -1.94. The van der Waals surface area contributed by atoms with Crippen molar-refractivity contribution in [1.82, 2.24) is 15.0 Å². The number of nitrogens with two attached hydrogens (primary N) is 1. The minimum atomic E-state index is 0.445. The molecule has 5 heteroatoms. The summed E-state index contributed by atoms with van der Waals surface area (Å²) >= 11 is 0. The minimum absolute atomic E-state index is 0.445. The topological polar surface area (TPSA) is 69.3 Å². The summed E-state index contributed by atoms with van der Waals surface area (Å²) in [7, 11) is 0. The number of aryl methyl sites for hydroxylation is 1. The number of rotatable bonds is 3. The van der Waals surface area contributed by atoms with E-state index in [2.05, 4.69) is 10.3 Å². The molecular weight excluding hydrogens is 144 g/mol. The summed E-state index contributed by atoms with van der Waals surface area (Å²) < 4.78 is 6.78. The van der Waals surface area contributed by atoms with E-state index >= 15 is 0 Å². The van der Waals surface area contributed by atoms with Crippen LogP contribution in [0.15, 0.2) is 6.20 Å². The Balaban J connectivity index is 1.85. The molecule has 1 saturated heterocycles. The van der Waals surface area contributed by atoms with Gasteiger partial charge in [-0.1, -0.05) is 5.21 Å². The highest BCUT2D eigenvalue weighted by molar-refractivity contribution is 5.19. The molecule has 2 heterocycles. The van der Waals surface area contributed by atoms with Crippen LogP contribution in [0.4, 0.5) is 5.82 Å². The second kappa shape index (κ2) is 2.50. The normalized spacial score (nSPS) is 22.0. The van der Waals surface area contributed by atoms with Gasteiger partial charge < -0.3 is 10.5 Å². The predicted octanol–water partition coefficient (Wildman–Crippen LogP) is -0.351. The molecule has 1 unspecified atom stereocenters. The Bertz CT molecular complexity index is 242. The molecule has 0 saturated carbocycles. The summed E-state index contributed by atoms with van der Waals surface area (Å²) in [6.45, 7) is 1.74. The van der Waals surface area contributed by atoms with Crippen LogP contribution in [0.3, 0.4) is 0 Å². The zero-order chi connectivity index (χ0) is 7.68. The second-order valence-corrected chi connectivity index (χ2v) is 2.65. The number of nitrogen functional groups attached to an aromatic ring is 1. The van der Waals surface area contributed by atoms with Gasteiger partial charge in [0.1, 0.15) is 0 Å². The first kappa shape index (κ1) is 6.60. The first-order valence-electron chi connectivity index (χ1n) is 3.62. The number of aromatic nitrogens is 3. The Hall–Kier alpha value is -1.10. The summed E-state index contributed by atoms with van der Waals surface area (Å²) in [5, 5.41) is 7.47.